The number of nitrogens with zero attached hydrogens (tertiary/aromatic N) is 1. The molecule has 0 atom stereocenters. The summed E-state index contributed by atoms with van der Waals surface area (Å²) >= 11 is 5.28. The van der Waals surface area contributed by atoms with Crippen molar-refractivity contribution in [1.29, 1.82) is 0 Å². The first-order valence-electron chi connectivity index (χ1n) is 8.65. The SMILES string of the molecule is CCCCCNC(=S)Nc1ccc(C(=O)N2CCCCC2)cc1. The van der Waals surface area contributed by atoms with E-state index in [1.54, 1.807) is 0 Å². The van der Waals surface area contributed by atoms with Crippen molar-refractivity contribution in [2.45, 2.75) is 45.4 Å². The maximum absolute atomic E-state index is 12.4. The lowest BCUT2D eigenvalue weighted by atomic mass is 10.1. The van der Waals surface area contributed by atoms with Crippen LogP contribution >= 0.6 is 12.2 Å². The maximum atomic E-state index is 12.4. The van der Waals surface area contributed by atoms with Gasteiger partial charge in [0.2, 0.25) is 0 Å². The number of thiocarbonyl (C=S) groups is 1. The number of amides is 1. The molecule has 0 aromatic heterocycles. The quantitative estimate of drug-likeness (QED) is 0.614. The number of anilines is 1. The van der Waals surface area contributed by atoms with Crippen LogP contribution in [0.15, 0.2) is 24.3 Å². The summed E-state index contributed by atoms with van der Waals surface area (Å²) in [6, 6.07) is 7.58. The summed E-state index contributed by atoms with van der Waals surface area (Å²) in [6.07, 6.45) is 7.00. The Morgan fingerprint density at radius 3 is 2.48 bits per heavy atom. The highest BCUT2D eigenvalue weighted by Gasteiger charge is 2.17. The van der Waals surface area contributed by atoms with Crippen molar-refractivity contribution >= 4 is 28.9 Å². The smallest absolute Gasteiger partial charge is 0.253 e. The summed E-state index contributed by atoms with van der Waals surface area (Å²) in [4.78, 5) is 14.4. The van der Waals surface area contributed by atoms with Crippen molar-refractivity contribution in [2.24, 2.45) is 0 Å². The highest BCUT2D eigenvalue weighted by Crippen LogP contribution is 2.15. The first kappa shape index (κ1) is 17.7. The zero-order valence-corrected chi connectivity index (χ0v) is 14.8. The maximum Gasteiger partial charge on any atom is 0.253 e. The van der Waals surface area contributed by atoms with Gasteiger partial charge in [-0.25, -0.2) is 0 Å². The van der Waals surface area contributed by atoms with Crippen LogP contribution in [0.25, 0.3) is 0 Å². The molecule has 126 valence electrons. The average molecular weight is 334 g/mol. The van der Waals surface area contributed by atoms with E-state index in [0.29, 0.717) is 5.11 Å². The fourth-order valence-corrected chi connectivity index (χ4v) is 2.95. The van der Waals surface area contributed by atoms with Gasteiger partial charge in [0, 0.05) is 30.9 Å². The van der Waals surface area contributed by atoms with Crippen LogP contribution in [0.4, 0.5) is 5.69 Å². The zero-order chi connectivity index (χ0) is 16.5. The van der Waals surface area contributed by atoms with Crippen LogP contribution in [0.3, 0.4) is 0 Å². The van der Waals surface area contributed by atoms with Gasteiger partial charge in [0.25, 0.3) is 5.91 Å². The standard InChI is InChI=1S/C18H27N3OS/c1-2-3-5-12-19-18(23)20-16-10-8-15(9-11-16)17(22)21-13-6-4-7-14-21/h8-11H,2-7,12-14H2,1H3,(H2,19,20,23). The third-order valence-electron chi connectivity index (χ3n) is 4.10. The van der Waals surface area contributed by atoms with Crippen molar-refractivity contribution in [3.05, 3.63) is 29.8 Å². The summed E-state index contributed by atoms with van der Waals surface area (Å²) < 4.78 is 0. The molecule has 0 saturated carbocycles. The highest BCUT2D eigenvalue weighted by atomic mass is 32.1. The fourth-order valence-electron chi connectivity index (χ4n) is 2.73. The lowest BCUT2D eigenvalue weighted by Gasteiger charge is -2.26. The van der Waals surface area contributed by atoms with E-state index < -0.39 is 0 Å². The summed E-state index contributed by atoms with van der Waals surface area (Å²) in [6.45, 7) is 4.84. The van der Waals surface area contributed by atoms with Crippen LogP contribution in [-0.4, -0.2) is 35.6 Å². The molecule has 0 bridgehead atoms. The molecule has 1 fully saturated rings. The highest BCUT2D eigenvalue weighted by molar-refractivity contribution is 7.80. The number of rotatable bonds is 6. The number of hydrogen-bond acceptors (Lipinski definition) is 2. The van der Waals surface area contributed by atoms with Gasteiger partial charge in [-0.15, -0.1) is 0 Å². The van der Waals surface area contributed by atoms with E-state index in [1.165, 1.54) is 19.3 Å². The van der Waals surface area contributed by atoms with Crippen molar-refractivity contribution in [2.75, 3.05) is 25.0 Å². The average Bonchev–Trinajstić information content (AvgIpc) is 2.59. The van der Waals surface area contributed by atoms with Gasteiger partial charge < -0.3 is 15.5 Å². The van der Waals surface area contributed by atoms with Crippen molar-refractivity contribution in [1.82, 2.24) is 10.2 Å². The molecule has 1 amide bonds. The summed E-state index contributed by atoms with van der Waals surface area (Å²) in [5.41, 5.74) is 1.66. The van der Waals surface area contributed by atoms with Gasteiger partial charge in [-0.05, 0) is 62.2 Å². The fraction of sp³-hybridized carbons (Fsp3) is 0.556. The lowest BCUT2D eigenvalue weighted by molar-refractivity contribution is 0.0724. The van der Waals surface area contributed by atoms with Crippen LogP contribution in [0.5, 0.6) is 0 Å². The molecular weight excluding hydrogens is 306 g/mol. The Morgan fingerprint density at radius 2 is 1.83 bits per heavy atom. The van der Waals surface area contributed by atoms with E-state index in [4.69, 9.17) is 12.2 Å². The van der Waals surface area contributed by atoms with Crippen molar-refractivity contribution in [3.8, 4) is 0 Å². The van der Waals surface area contributed by atoms with E-state index in [9.17, 15) is 4.79 Å². The number of carbonyl (C=O) groups excluding carboxylic acids is 1. The largest absolute Gasteiger partial charge is 0.362 e. The number of hydrogen-bond donors (Lipinski definition) is 2. The Kier molecular flexibility index (Phi) is 7.33. The monoisotopic (exact) mass is 333 g/mol. The second kappa shape index (κ2) is 9.50. The second-order valence-corrected chi connectivity index (χ2v) is 6.43. The molecule has 2 N–H and O–H groups in total. The summed E-state index contributed by atoms with van der Waals surface area (Å²) in [5.74, 6) is 0.136. The third-order valence-corrected chi connectivity index (χ3v) is 4.35. The lowest BCUT2D eigenvalue weighted by Crippen LogP contribution is -2.35. The minimum Gasteiger partial charge on any atom is -0.362 e. The van der Waals surface area contributed by atoms with Gasteiger partial charge in [0.1, 0.15) is 0 Å². The molecule has 1 aliphatic rings. The molecule has 0 unspecified atom stereocenters. The molecule has 1 heterocycles. The Hall–Kier alpha value is -1.62. The van der Waals surface area contributed by atoms with E-state index in [1.807, 2.05) is 29.2 Å². The Balaban J connectivity index is 1.81. The summed E-state index contributed by atoms with van der Waals surface area (Å²) in [5, 5.41) is 7.00. The van der Waals surface area contributed by atoms with Crippen molar-refractivity contribution in [3.63, 3.8) is 0 Å². The van der Waals surface area contributed by atoms with Gasteiger partial charge in [-0.3, -0.25) is 4.79 Å². The predicted molar refractivity (Wildman–Crippen MR) is 99.9 cm³/mol. The number of unbranched alkanes of at least 4 members (excludes halogenated alkanes) is 2. The van der Waals surface area contributed by atoms with Gasteiger partial charge in [0.15, 0.2) is 5.11 Å². The van der Waals surface area contributed by atoms with Crippen LogP contribution in [-0.2, 0) is 0 Å². The minimum atomic E-state index is 0.136. The number of benzene rings is 1. The number of nitrogens with one attached hydrogen (secondary N) is 2. The third kappa shape index (κ3) is 5.82. The number of piperidine rings is 1. The van der Waals surface area contributed by atoms with Gasteiger partial charge in [-0.1, -0.05) is 19.8 Å². The Morgan fingerprint density at radius 1 is 1.13 bits per heavy atom. The van der Waals surface area contributed by atoms with Crippen LogP contribution in [0.2, 0.25) is 0 Å². The minimum absolute atomic E-state index is 0.136. The molecule has 23 heavy (non-hydrogen) atoms. The zero-order valence-electron chi connectivity index (χ0n) is 13.9. The topological polar surface area (TPSA) is 44.4 Å². The number of likely N-dealkylation sites (tertiary alicyclic amines) is 1. The van der Waals surface area contributed by atoms with E-state index in [2.05, 4.69) is 17.6 Å². The van der Waals surface area contributed by atoms with Crippen molar-refractivity contribution < 1.29 is 4.79 Å². The second-order valence-electron chi connectivity index (χ2n) is 6.02. The first-order valence-corrected chi connectivity index (χ1v) is 9.05. The molecule has 1 aromatic rings. The predicted octanol–water partition coefficient (Wildman–Crippen LogP) is 3.79. The number of carbonyl (C=O) groups is 1. The normalized spacial score (nSPS) is 14.4. The molecule has 5 heteroatoms. The molecule has 0 radical (unpaired) electrons. The summed E-state index contributed by atoms with van der Waals surface area (Å²) in [7, 11) is 0. The van der Waals surface area contributed by atoms with Crippen LogP contribution < -0.4 is 10.6 Å². The van der Waals surface area contributed by atoms with E-state index in [0.717, 1.165) is 50.1 Å². The Bertz CT molecular complexity index is 510. The molecule has 0 aliphatic carbocycles. The van der Waals surface area contributed by atoms with Gasteiger partial charge >= 0.3 is 0 Å². The molecule has 1 aromatic carbocycles. The van der Waals surface area contributed by atoms with Crippen LogP contribution in [0, 0.1) is 0 Å². The molecule has 4 nitrogen and oxygen atoms in total. The van der Waals surface area contributed by atoms with Crippen LogP contribution in [0.1, 0.15) is 55.8 Å². The molecule has 1 saturated heterocycles. The first-order chi connectivity index (χ1) is 11.2. The van der Waals surface area contributed by atoms with E-state index in [-0.39, 0.29) is 5.91 Å². The van der Waals surface area contributed by atoms with Gasteiger partial charge in [-0.2, -0.15) is 0 Å². The molecular formula is C18H27N3OS. The van der Waals surface area contributed by atoms with Gasteiger partial charge in [0.05, 0.1) is 0 Å². The molecule has 0 spiro atoms. The molecule has 1 aliphatic heterocycles. The Labute approximate surface area is 144 Å². The molecule has 2 rings (SSSR count). The van der Waals surface area contributed by atoms with E-state index >= 15 is 0 Å².